The lowest BCUT2D eigenvalue weighted by molar-refractivity contribution is 0.0696. The van der Waals surface area contributed by atoms with E-state index in [1.165, 1.54) is 6.07 Å². The summed E-state index contributed by atoms with van der Waals surface area (Å²) in [6.07, 6.45) is 0. The molecule has 2 rings (SSSR count). The molecule has 0 aliphatic carbocycles. The molecule has 116 valence electrons. The average molecular weight is 314 g/mol. The number of hydrogen-bond acceptors (Lipinski definition) is 4. The van der Waals surface area contributed by atoms with Gasteiger partial charge in [0.2, 0.25) is 0 Å². The van der Waals surface area contributed by atoms with Crippen molar-refractivity contribution in [3.63, 3.8) is 0 Å². The molecule has 1 fully saturated rings. The second-order valence-electron chi connectivity index (χ2n) is 5.14. The molecular weight excluding hydrogens is 295 g/mol. The summed E-state index contributed by atoms with van der Waals surface area (Å²) in [4.78, 5) is 15.3. The van der Waals surface area contributed by atoms with Crippen LogP contribution in [0.2, 0.25) is 0 Å². The van der Waals surface area contributed by atoms with E-state index in [0.29, 0.717) is 12.3 Å². The highest BCUT2D eigenvalue weighted by atomic mass is 32.2. The van der Waals surface area contributed by atoms with Crippen molar-refractivity contribution in [2.24, 2.45) is 0 Å². The zero-order valence-electron chi connectivity index (χ0n) is 11.9. The van der Waals surface area contributed by atoms with Crippen LogP contribution >= 0.6 is 0 Å². The van der Waals surface area contributed by atoms with Crippen molar-refractivity contribution in [3.8, 4) is 0 Å². The maximum absolute atomic E-state index is 13.7. The summed E-state index contributed by atoms with van der Waals surface area (Å²) >= 11 is 0. The highest BCUT2D eigenvalue weighted by Crippen LogP contribution is 2.15. The van der Waals surface area contributed by atoms with Gasteiger partial charge in [0.05, 0.1) is 21.3 Å². The number of likely N-dealkylation sites (N-methyl/N-ethyl adjacent to an activating group) is 1. The van der Waals surface area contributed by atoms with Crippen LogP contribution in [0.1, 0.15) is 10.4 Å². The number of benzene rings is 1. The molecule has 0 bridgehead atoms. The number of rotatable bonds is 5. The van der Waals surface area contributed by atoms with Crippen molar-refractivity contribution >= 4 is 16.8 Å². The average Bonchev–Trinajstić information content (AvgIpc) is 2.46. The van der Waals surface area contributed by atoms with Crippen molar-refractivity contribution in [2.45, 2.75) is 4.90 Å². The fourth-order valence-corrected chi connectivity index (χ4v) is 3.39. The molecule has 7 heteroatoms. The molecule has 0 aromatic heterocycles. The normalized spacial score (nSPS) is 18.6. The fourth-order valence-electron chi connectivity index (χ4n) is 2.20. The first-order valence-electron chi connectivity index (χ1n) is 6.79. The second kappa shape index (κ2) is 7.11. The molecule has 1 N–H and O–H groups in total. The van der Waals surface area contributed by atoms with Crippen LogP contribution in [0.5, 0.6) is 0 Å². The van der Waals surface area contributed by atoms with Gasteiger partial charge in [0.1, 0.15) is 5.82 Å². The summed E-state index contributed by atoms with van der Waals surface area (Å²) in [6.45, 7) is 4.37. The maximum atomic E-state index is 13.7. The van der Waals surface area contributed by atoms with Crippen LogP contribution in [-0.2, 0) is 10.8 Å². The second-order valence-corrected chi connectivity index (χ2v) is 6.68. The zero-order valence-corrected chi connectivity index (χ0v) is 12.7. The summed E-state index contributed by atoms with van der Waals surface area (Å²) in [5.74, 6) is -1.45. The number of aromatic carboxylic acids is 1. The third kappa shape index (κ3) is 4.33. The SMILES string of the molecule is CN1CCN(CCS(=O)c2cc(C(=O)O)ccc2F)CC1. The standard InChI is InChI=1S/C14H19FN2O3S/c1-16-4-6-17(7-5-16)8-9-21(20)13-10-11(14(18)19)2-3-12(13)15/h2-3,10H,4-9H2,1H3,(H,18,19). The molecule has 0 radical (unpaired) electrons. The Morgan fingerprint density at radius 1 is 1.33 bits per heavy atom. The molecule has 1 aromatic carbocycles. The summed E-state index contributed by atoms with van der Waals surface area (Å²) in [6, 6.07) is 3.41. The molecule has 1 saturated heterocycles. The lowest BCUT2D eigenvalue weighted by atomic mass is 10.2. The topological polar surface area (TPSA) is 60.9 Å². The molecular formula is C14H19FN2O3S. The van der Waals surface area contributed by atoms with Gasteiger partial charge in [-0.25, -0.2) is 9.18 Å². The number of piperazine rings is 1. The summed E-state index contributed by atoms with van der Waals surface area (Å²) in [5, 5.41) is 8.91. The van der Waals surface area contributed by atoms with E-state index in [0.717, 1.165) is 38.3 Å². The zero-order chi connectivity index (χ0) is 15.4. The third-order valence-electron chi connectivity index (χ3n) is 3.61. The maximum Gasteiger partial charge on any atom is 0.335 e. The Labute approximate surface area is 125 Å². The predicted octanol–water partition coefficient (Wildman–Crippen LogP) is 0.879. The first-order chi connectivity index (χ1) is 9.97. The van der Waals surface area contributed by atoms with Gasteiger partial charge >= 0.3 is 5.97 Å². The Balaban J connectivity index is 1.97. The van der Waals surface area contributed by atoms with Gasteiger partial charge in [-0.1, -0.05) is 0 Å². The van der Waals surface area contributed by atoms with Crippen molar-refractivity contribution in [3.05, 3.63) is 29.6 Å². The molecule has 0 spiro atoms. The molecule has 1 aromatic rings. The van der Waals surface area contributed by atoms with E-state index in [4.69, 9.17) is 5.11 Å². The van der Waals surface area contributed by atoms with E-state index in [2.05, 4.69) is 16.8 Å². The number of carboxylic acid groups (broad SMARTS) is 1. The van der Waals surface area contributed by atoms with Gasteiger partial charge in [-0.05, 0) is 25.2 Å². The highest BCUT2D eigenvalue weighted by molar-refractivity contribution is 7.85. The molecule has 1 heterocycles. The first-order valence-corrected chi connectivity index (χ1v) is 8.11. The lowest BCUT2D eigenvalue weighted by Crippen LogP contribution is -2.45. The minimum Gasteiger partial charge on any atom is -0.478 e. The molecule has 0 saturated carbocycles. The number of nitrogens with zero attached hydrogens (tertiary/aromatic N) is 2. The van der Waals surface area contributed by atoms with Gasteiger partial charge in [0, 0.05) is 38.5 Å². The van der Waals surface area contributed by atoms with Crippen LogP contribution in [0.3, 0.4) is 0 Å². The molecule has 1 aliphatic rings. The van der Waals surface area contributed by atoms with Crippen molar-refractivity contribution in [1.82, 2.24) is 9.80 Å². The van der Waals surface area contributed by atoms with Gasteiger partial charge < -0.3 is 10.0 Å². The van der Waals surface area contributed by atoms with Crippen LogP contribution in [-0.4, -0.2) is 70.6 Å². The molecule has 5 nitrogen and oxygen atoms in total. The van der Waals surface area contributed by atoms with Gasteiger partial charge in [-0.3, -0.25) is 9.11 Å². The Hall–Kier alpha value is -1.31. The molecule has 21 heavy (non-hydrogen) atoms. The highest BCUT2D eigenvalue weighted by Gasteiger charge is 2.17. The number of hydrogen-bond donors (Lipinski definition) is 1. The largest absolute Gasteiger partial charge is 0.478 e. The Bertz CT molecular complexity index is 545. The number of halogens is 1. The fraction of sp³-hybridized carbons (Fsp3) is 0.500. The van der Waals surface area contributed by atoms with E-state index >= 15 is 0 Å². The van der Waals surface area contributed by atoms with Crippen LogP contribution in [0.4, 0.5) is 4.39 Å². The summed E-state index contributed by atoms with van der Waals surface area (Å²) in [7, 11) is 0.532. The molecule has 0 amide bonds. The molecule has 1 atom stereocenters. The number of carbonyl (C=O) groups is 1. The Kier molecular flexibility index (Phi) is 5.44. The van der Waals surface area contributed by atoms with E-state index in [9.17, 15) is 13.4 Å². The van der Waals surface area contributed by atoms with Crippen LogP contribution in [0, 0.1) is 5.82 Å². The predicted molar refractivity (Wildman–Crippen MR) is 78.6 cm³/mol. The van der Waals surface area contributed by atoms with Crippen LogP contribution in [0.25, 0.3) is 0 Å². The van der Waals surface area contributed by atoms with E-state index in [1.54, 1.807) is 0 Å². The Morgan fingerprint density at radius 3 is 2.62 bits per heavy atom. The van der Waals surface area contributed by atoms with E-state index < -0.39 is 22.6 Å². The quantitative estimate of drug-likeness (QED) is 0.874. The third-order valence-corrected chi connectivity index (χ3v) is 4.97. The Morgan fingerprint density at radius 2 is 2.00 bits per heavy atom. The van der Waals surface area contributed by atoms with Crippen molar-refractivity contribution in [1.29, 1.82) is 0 Å². The van der Waals surface area contributed by atoms with Gasteiger partial charge in [0.15, 0.2) is 0 Å². The van der Waals surface area contributed by atoms with E-state index in [-0.39, 0.29) is 10.5 Å². The van der Waals surface area contributed by atoms with Crippen LogP contribution in [0.15, 0.2) is 23.1 Å². The van der Waals surface area contributed by atoms with Crippen LogP contribution < -0.4 is 0 Å². The van der Waals surface area contributed by atoms with Gasteiger partial charge in [-0.2, -0.15) is 0 Å². The summed E-state index contributed by atoms with van der Waals surface area (Å²) < 4.78 is 25.9. The molecule has 1 unspecified atom stereocenters. The van der Waals surface area contributed by atoms with Crippen molar-refractivity contribution in [2.75, 3.05) is 45.5 Å². The van der Waals surface area contributed by atoms with Gasteiger partial charge in [-0.15, -0.1) is 0 Å². The summed E-state index contributed by atoms with van der Waals surface area (Å²) in [5.41, 5.74) is -0.0423. The minimum atomic E-state index is -1.53. The monoisotopic (exact) mass is 314 g/mol. The first kappa shape index (κ1) is 16.1. The van der Waals surface area contributed by atoms with E-state index in [1.807, 2.05) is 0 Å². The number of carboxylic acids is 1. The van der Waals surface area contributed by atoms with Crippen molar-refractivity contribution < 1.29 is 18.5 Å². The minimum absolute atomic E-state index is 0.0240. The smallest absolute Gasteiger partial charge is 0.335 e. The van der Waals surface area contributed by atoms with Gasteiger partial charge in [0.25, 0.3) is 0 Å². The molecule has 1 aliphatic heterocycles. The lowest BCUT2D eigenvalue weighted by Gasteiger charge is -2.32.